The Balaban J connectivity index is 2.11. The zero-order valence-electron chi connectivity index (χ0n) is 11.6. The Kier molecular flexibility index (Phi) is 7.11. The number of nitrogens with one attached hydrogen (secondary N) is 1. The zero-order valence-corrected chi connectivity index (χ0v) is 11.6. The lowest BCUT2D eigenvalue weighted by Crippen LogP contribution is -2.36. The van der Waals surface area contributed by atoms with Crippen molar-refractivity contribution >= 4 is 0 Å². The molecule has 1 unspecified atom stereocenters. The van der Waals surface area contributed by atoms with Crippen LogP contribution in [0.1, 0.15) is 72.1 Å². The van der Waals surface area contributed by atoms with Gasteiger partial charge in [0, 0.05) is 6.04 Å². The molecule has 1 aliphatic rings. The highest BCUT2D eigenvalue weighted by Gasteiger charge is 2.18. The molecule has 1 nitrogen and oxygen atoms in total. The van der Waals surface area contributed by atoms with Crippen molar-refractivity contribution in [2.75, 3.05) is 6.54 Å². The molecule has 0 bridgehead atoms. The van der Waals surface area contributed by atoms with Gasteiger partial charge in [-0.2, -0.15) is 0 Å². The first kappa shape index (κ1) is 14.0. The zero-order chi connectivity index (χ0) is 11.8. The van der Waals surface area contributed by atoms with E-state index in [-0.39, 0.29) is 0 Å². The Morgan fingerprint density at radius 3 is 2.38 bits per heavy atom. The van der Waals surface area contributed by atoms with Gasteiger partial charge in [-0.15, -0.1) is 0 Å². The van der Waals surface area contributed by atoms with Gasteiger partial charge < -0.3 is 5.32 Å². The monoisotopic (exact) mass is 225 g/mol. The second-order valence-electron chi connectivity index (χ2n) is 5.78. The summed E-state index contributed by atoms with van der Waals surface area (Å²) in [7, 11) is 0. The van der Waals surface area contributed by atoms with E-state index in [9.17, 15) is 0 Å². The van der Waals surface area contributed by atoms with Crippen molar-refractivity contribution in [1.29, 1.82) is 0 Å². The van der Waals surface area contributed by atoms with Crippen LogP contribution in [0.3, 0.4) is 0 Å². The maximum Gasteiger partial charge on any atom is 0.00673 e. The van der Waals surface area contributed by atoms with Crippen molar-refractivity contribution in [3.63, 3.8) is 0 Å². The summed E-state index contributed by atoms with van der Waals surface area (Å²) in [5, 5.41) is 3.80. The molecule has 0 aromatic rings. The molecule has 1 N–H and O–H groups in total. The molecule has 16 heavy (non-hydrogen) atoms. The molecule has 1 fully saturated rings. The molecule has 0 radical (unpaired) electrons. The van der Waals surface area contributed by atoms with Crippen LogP contribution in [0, 0.1) is 11.8 Å². The molecule has 0 heterocycles. The van der Waals surface area contributed by atoms with E-state index in [0.717, 1.165) is 17.9 Å². The summed E-state index contributed by atoms with van der Waals surface area (Å²) in [6.45, 7) is 8.29. The highest BCUT2D eigenvalue weighted by Crippen LogP contribution is 2.23. The molecule has 0 aromatic carbocycles. The van der Waals surface area contributed by atoms with Gasteiger partial charge in [-0.25, -0.2) is 0 Å². The van der Waals surface area contributed by atoms with E-state index in [1.165, 1.54) is 57.9 Å². The highest BCUT2D eigenvalue weighted by atomic mass is 14.9. The summed E-state index contributed by atoms with van der Waals surface area (Å²) in [6.07, 6.45) is 11.2. The summed E-state index contributed by atoms with van der Waals surface area (Å²) >= 11 is 0. The van der Waals surface area contributed by atoms with E-state index in [1.807, 2.05) is 0 Å². The van der Waals surface area contributed by atoms with E-state index < -0.39 is 0 Å². The first-order valence-corrected chi connectivity index (χ1v) is 7.49. The Morgan fingerprint density at radius 1 is 1.12 bits per heavy atom. The molecule has 96 valence electrons. The van der Waals surface area contributed by atoms with Crippen molar-refractivity contribution in [1.82, 2.24) is 5.32 Å². The van der Waals surface area contributed by atoms with Gasteiger partial charge in [0.1, 0.15) is 0 Å². The van der Waals surface area contributed by atoms with Gasteiger partial charge in [-0.1, -0.05) is 40.0 Å². The molecule has 1 aliphatic carbocycles. The summed E-state index contributed by atoms with van der Waals surface area (Å²) in [5.74, 6) is 1.89. The lowest BCUT2D eigenvalue weighted by atomic mass is 9.87. The van der Waals surface area contributed by atoms with E-state index in [1.54, 1.807) is 0 Å². The molecule has 1 heteroatoms. The van der Waals surface area contributed by atoms with Crippen LogP contribution in [0.2, 0.25) is 0 Å². The summed E-state index contributed by atoms with van der Waals surface area (Å²) in [6, 6.07) is 0.826. The fourth-order valence-electron chi connectivity index (χ4n) is 2.74. The number of hydrogen-bond donors (Lipinski definition) is 1. The molecule has 0 aliphatic heterocycles. The Hall–Kier alpha value is -0.0400. The van der Waals surface area contributed by atoms with Crippen LogP contribution in [0.5, 0.6) is 0 Å². The molecular weight excluding hydrogens is 194 g/mol. The second kappa shape index (κ2) is 8.11. The van der Waals surface area contributed by atoms with E-state index in [4.69, 9.17) is 0 Å². The third-order valence-electron chi connectivity index (χ3n) is 4.25. The average Bonchev–Trinajstić information content (AvgIpc) is 2.32. The Bertz CT molecular complexity index is 154. The van der Waals surface area contributed by atoms with E-state index in [2.05, 4.69) is 26.1 Å². The first-order valence-electron chi connectivity index (χ1n) is 7.49. The van der Waals surface area contributed by atoms with Crippen molar-refractivity contribution in [3.05, 3.63) is 0 Å². The fraction of sp³-hybridized carbons (Fsp3) is 1.00. The predicted molar refractivity (Wildman–Crippen MR) is 72.7 cm³/mol. The summed E-state index contributed by atoms with van der Waals surface area (Å²) in [5.41, 5.74) is 0. The van der Waals surface area contributed by atoms with Crippen molar-refractivity contribution in [3.8, 4) is 0 Å². The third-order valence-corrected chi connectivity index (χ3v) is 4.25. The Morgan fingerprint density at radius 2 is 1.81 bits per heavy atom. The van der Waals surface area contributed by atoms with Crippen molar-refractivity contribution in [2.24, 2.45) is 11.8 Å². The SMILES string of the molecule is CCCCC(CC)CNC1CCC(C)CC1. The number of rotatable bonds is 7. The quantitative estimate of drug-likeness (QED) is 0.678. The van der Waals surface area contributed by atoms with Crippen LogP contribution in [-0.4, -0.2) is 12.6 Å². The molecule has 1 rings (SSSR count). The lowest BCUT2D eigenvalue weighted by Gasteiger charge is -2.28. The smallest absolute Gasteiger partial charge is 0.00673 e. The molecule has 1 atom stereocenters. The average molecular weight is 225 g/mol. The topological polar surface area (TPSA) is 12.0 Å². The van der Waals surface area contributed by atoms with Crippen LogP contribution < -0.4 is 5.32 Å². The third kappa shape index (κ3) is 5.34. The maximum absolute atomic E-state index is 3.80. The van der Waals surface area contributed by atoms with Gasteiger partial charge in [0.2, 0.25) is 0 Å². The fourth-order valence-corrected chi connectivity index (χ4v) is 2.74. The van der Waals surface area contributed by atoms with Gasteiger partial charge in [-0.3, -0.25) is 0 Å². The largest absolute Gasteiger partial charge is 0.314 e. The Labute approximate surface area is 102 Å². The van der Waals surface area contributed by atoms with E-state index in [0.29, 0.717) is 0 Å². The van der Waals surface area contributed by atoms with Gasteiger partial charge in [0.25, 0.3) is 0 Å². The highest BCUT2D eigenvalue weighted by molar-refractivity contribution is 4.76. The number of hydrogen-bond acceptors (Lipinski definition) is 1. The van der Waals surface area contributed by atoms with Crippen molar-refractivity contribution in [2.45, 2.75) is 78.2 Å². The predicted octanol–water partition coefficient (Wildman–Crippen LogP) is 4.37. The van der Waals surface area contributed by atoms with Crippen LogP contribution in [-0.2, 0) is 0 Å². The molecular formula is C15H31N. The van der Waals surface area contributed by atoms with Gasteiger partial charge in [0.05, 0.1) is 0 Å². The summed E-state index contributed by atoms with van der Waals surface area (Å²) in [4.78, 5) is 0. The number of unbranched alkanes of at least 4 members (excludes halogenated alkanes) is 1. The molecule has 0 aromatic heterocycles. The van der Waals surface area contributed by atoms with Gasteiger partial charge in [-0.05, 0) is 50.5 Å². The van der Waals surface area contributed by atoms with E-state index >= 15 is 0 Å². The standard InChI is InChI=1S/C15H31N/c1-4-6-7-14(5-2)12-16-15-10-8-13(3)9-11-15/h13-16H,4-12H2,1-3H3. The molecule has 1 saturated carbocycles. The lowest BCUT2D eigenvalue weighted by molar-refractivity contribution is 0.288. The minimum Gasteiger partial charge on any atom is -0.314 e. The van der Waals surface area contributed by atoms with Gasteiger partial charge in [0.15, 0.2) is 0 Å². The second-order valence-corrected chi connectivity index (χ2v) is 5.78. The van der Waals surface area contributed by atoms with Crippen LogP contribution in [0.25, 0.3) is 0 Å². The molecule has 0 saturated heterocycles. The van der Waals surface area contributed by atoms with Crippen LogP contribution >= 0.6 is 0 Å². The van der Waals surface area contributed by atoms with Crippen LogP contribution in [0.15, 0.2) is 0 Å². The molecule has 0 amide bonds. The summed E-state index contributed by atoms with van der Waals surface area (Å²) < 4.78 is 0. The minimum atomic E-state index is 0.826. The normalized spacial score (nSPS) is 27.9. The minimum absolute atomic E-state index is 0.826. The van der Waals surface area contributed by atoms with Crippen molar-refractivity contribution < 1.29 is 0 Å². The first-order chi connectivity index (χ1) is 7.76. The molecule has 0 spiro atoms. The van der Waals surface area contributed by atoms with Crippen LogP contribution in [0.4, 0.5) is 0 Å². The van der Waals surface area contributed by atoms with Gasteiger partial charge >= 0.3 is 0 Å². The maximum atomic E-state index is 3.80.